The van der Waals surface area contributed by atoms with E-state index in [0.29, 0.717) is 15.6 Å². The van der Waals surface area contributed by atoms with Gasteiger partial charge in [-0.05, 0) is 60.2 Å². The van der Waals surface area contributed by atoms with Crippen molar-refractivity contribution in [2.45, 2.75) is 17.2 Å². The maximum atomic E-state index is 13.7. The highest BCUT2D eigenvalue weighted by atomic mass is 35.5. The molecule has 1 N–H and O–H groups in total. The van der Waals surface area contributed by atoms with E-state index in [9.17, 15) is 24.0 Å². The predicted octanol–water partition coefficient (Wildman–Crippen LogP) is 7.35. The zero-order valence-corrected chi connectivity index (χ0v) is 24.1. The Hall–Kier alpha value is -3.06. The first-order chi connectivity index (χ1) is 18.8. The summed E-state index contributed by atoms with van der Waals surface area (Å²) in [6.45, 7) is 0.548. The molecule has 13 heteroatoms. The minimum Gasteiger partial charge on any atom is -0.444 e. The van der Waals surface area contributed by atoms with E-state index in [2.05, 4.69) is 5.32 Å². The highest BCUT2D eigenvalue weighted by Gasteiger charge is 2.67. The van der Waals surface area contributed by atoms with Crippen LogP contribution in [-0.2, 0) is 14.3 Å². The molecule has 2 amide bonds. The summed E-state index contributed by atoms with van der Waals surface area (Å²) in [5.41, 5.74) is 0.474. The molecule has 1 saturated carbocycles. The molecule has 0 bridgehead atoms. The third kappa shape index (κ3) is 6.30. The lowest BCUT2D eigenvalue weighted by Crippen LogP contribution is -2.35. The second kappa shape index (κ2) is 11.8. The monoisotopic (exact) mass is 641 g/mol. The molecule has 3 aromatic rings. The predicted molar refractivity (Wildman–Crippen MR) is 152 cm³/mol. The third-order valence-corrected chi connectivity index (χ3v) is 7.76. The van der Waals surface area contributed by atoms with Crippen LogP contribution in [0.5, 0.6) is 0 Å². The second-order valence-electron chi connectivity index (χ2n) is 8.79. The molecule has 40 heavy (non-hydrogen) atoms. The van der Waals surface area contributed by atoms with Gasteiger partial charge >= 0.3 is 5.97 Å². The second-order valence-corrected chi connectivity index (χ2v) is 11.5. The molecule has 2 unspecified atom stereocenters. The van der Waals surface area contributed by atoms with Crippen molar-refractivity contribution >= 4 is 87.2 Å². The van der Waals surface area contributed by atoms with E-state index in [4.69, 9.17) is 62.7 Å². The first kappa shape index (κ1) is 29.9. The largest absolute Gasteiger partial charge is 0.444 e. The number of anilines is 2. The number of hydrogen-bond acceptors (Lipinski definition) is 5. The molecule has 1 aliphatic rings. The molecule has 4 rings (SSSR count). The molecule has 0 saturated heterocycles. The van der Waals surface area contributed by atoms with Crippen LogP contribution in [0.25, 0.3) is 0 Å². The SMILES string of the molecule is CC(=O)OCN(C(=O)c1cc(NC(=O)C2C(c3cc(Cl)cc(Cl)c3)C2(Cl)Cl)ccc1Cl)c1ccc(F)cc1C#N. The molecule has 1 aliphatic carbocycles. The molecule has 2 atom stereocenters. The number of esters is 1. The smallest absolute Gasteiger partial charge is 0.304 e. The van der Waals surface area contributed by atoms with Gasteiger partial charge in [0.2, 0.25) is 5.91 Å². The van der Waals surface area contributed by atoms with Crippen molar-refractivity contribution in [2.24, 2.45) is 5.92 Å². The van der Waals surface area contributed by atoms with Crippen molar-refractivity contribution in [3.05, 3.63) is 92.2 Å². The van der Waals surface area contributed by atoms with Crippen LogP contribution in [0.2, 0.25) is 15.1 Å². The number of amides is 2. The van der Waals surface area contributed by atoms with E-state index in [1.807, 2.05) is 6.07 Å². The fraction of sp³-hybridized carbons (Fsp3) is 0.185. The van der Waals surface area contributed by atoms with Crippen LogP contribution in [0.15, 0.2) is 54.6 Å². The average molecular weight is 644 g/mol. The molecule has 0 heterocycles. The molecule has 206 valence electrons. The maximum absolute atomic E-state index is 13.7. The van der Waals surface area contributed by atoms with Crippen LogP contribution in [0, 0.1) is 23.1 Å². The lowest BCUT2D eigenvalue weighted by Gasteiger charge is -2.24. The average Bonchev–Trinajstić information content (AvgIpc) is 3.47. The highest BCUT2D eigenvalue weighted by Crippen LogP contribution is 2.65. The van der Waals surface area contributed by atoms with Gasteiger partial charge in [0, 0.05) is 28.6 Å². The molecule has 0 radical (unpaired) electrons. The van der Waals surface area contributed by atoms with Crippen molar-refractivity contribution in [1.29, 1.82) is 5.26 Å². The van der Waals surface area contributed by atoms with E-state index in [1.54, 1.807) is 12.1 Å². The quantitative estimate of drug-likeness (QED) is 0.165. The normalized spacial score (nSPS) is 16.9. The summed E-state index contributed by atoms with van der Waals surface area (Å²) in [6, 6.07) is 13.9. The van der Waals surface area contributed by atoms with Crippen molar-refractivity contribution in [3.63, 3.8) is 0 Å². The van der Waals surface area contributed by atoms with Gasteiger partial charge in [-0.15, -0.1) is 23.2 Å². The van der Waals surface area contributed by atoms with Gasteiger partial charge in [-0.1, -0.05) is 34.8 Å². The Morgan fingerprint density at radius 2 is 1.73 bits per heavy atom. The Bertz CT molecular complexity index is 1560. The zero-order valence-electron chi connectivity index (χ0n) is 20.4. The van der Waals surface area contributed by atoms with Crippen molar-refractivity contribution in [1.82, 2.24) is 0 Å². The first-order valence-electron chi connectivity index (χ1n) is 11.4. The number of benzene rings is 3. The van der Waals surface area contributed by atoms with Crippen molar-refractivity contribution in [2.75, 3.05) is 16.9 Å². The molecular formula is C27H17Cl5FN3O4. The van der Waals surface area contributed by atoms with Gasteiger partial charge in [-0.25, -0.2) is 4.39 Å². The minimum atomic E-state index is -1.43. The number of nitrogens with one attached hydrogen (secondary N) is 1. The van der Waals surface area contributed by atoms with Crippen LogP contribution in [0.4, 0.5) is 15.8 Å². The lowest BCUT2D eigenvalue weighted by molar-refractivity contribution is -0.140. The van der Waals surface area contributed by atoms with Crippen LogP contribution < -0.4 is 10.2 Å². The topological polar surface area (TPSA) is 99.5 Å². The van der Waals surface area contributed by atoms with E-state index in [1.165, 1.54) is 30.3 Å². The third-order valence-electron chi connectivity index (χ3n) is 6.06. The van der Waals surface area contributed by atoms with Gasteiger partial charge in [-0.3, -0.25) is 19.3 Å². The number of carbonyl (C=O) groups excluding carboxylic acids is 3. The summed E-state index contributed by atoms with van der Waals surface area (Å²) in [6.07, 6.45) is 0. The van der Waals surface area contributed by atoms with Gasteiger partial charge in [-0.2, -0.15) is 5.26 Å². The number of ether oxygens (including phenoxy) is 1. The van der Waals surface area contributed by atoms with Crippen LogP contribution in [0.1, 0.15) is 34.3 Å². The number of nitriles is 1. The van der Waals surface area contributed by atoms with Gasteiger partial charge in [0.25, 0.3) is 5.91 Å². The van der Waals surface area contributed by atoms with Crippen LogP contribution in [-0.4, -0.2) is 28.8 Å². The van der Waals surface area contributed by atoms with E-state index >= 15 is 0 Å². The first-order valence-corrected chi connectivity index (χ1v) is 13.3. The Balaban J connectivity index is 1.62. The molecule has 7 nitrogen and oxygen atoms in total. The van der Waals surface area contributed by atoms with E-state index in [0.717, 1.165) is 24.0 Å². The van der Waals surface area contributed by atoms with E-state index in [-0.39, 0.29) is 27.5 Å². The molecule has 1 fully saturated rings. The van der Waals surface area contributed by atoms with Gasteiger partial charge < -0.3 is 10.1 Å². The van der Waals surface area contributed by atoms with Crippen molar-refractivity contribution < 1.29 is 23.5 Å². The summed E-state index contributed by atoms with van der Waals surface area (Å²) in [7, 11) is 0. The highest BCUT2D eigenvalue weighted by molar-refractivity contribution is 6.53. The Morgan fingerprint density at radius 3 is 2.35 bits per heavy atom. The summed E-state index contributed by atoms with van der Waals surface area (Å²) in [4.78, 5) is 39.2. The number of nitrogens with zero attached hydrogens (tertiary/aromatic N) is 2. The van der Waals surface area contributed by atoms with Gasteiger partial charge in [0.05, 0.1) is 27.8 Å². The number of hydrogen-bond donors (Lipinski definition) is 1. The molecule has 0 aliphatic heterocycles. The molecule has 0 aromatic heterocycles. The summed E-state index contributed by atoms with van der Waals surface area (Å²) < 4.78 is 17.3. The number of alkyl halides is 2. The van der Waals surface area contributed by atoms with Crippen molar-refractivity contribution in [3.8, 4) is 6.07 Å². The Kier molecular flexibility index (Phi) is 8.83. The lowest BCUT2D eigenvalue weighted by atomic mass is 10.1. The fourth-order valence-electron chi connectivity index (χ4n) is 4.18. The summed E-state index contributed by atoms with van der Waals surface area (Å²) in [5.74, 6) is -4.17. The molecule has 3 aromatic carbocycles. The standard InChI is InChI=1S/C27H17Cl5FN3O4/c1-13(37)40-12-36(22-5-2-18(33)8-15(22)11-34)26(39)20-10-19(3-4-21(20)30)35-25(38)24-23(27(24,31)32)14-6-16(28)9-17(29)7-14/h2-10,23-24H,12H2,1H3,(H,35,38). The summed E-state index contributed by atoms with van der Waals surface area (Å²) in [5, 5.41) is 12.9. The van der Waals surface area contributed by atoms with Crippen LogP contribution >= 0.6 is 58.0 Å². The summed E-state index contributed by atoms with van der Waals surface area (Å²) >= 11 is 31.4. The number of halogens is 6. The van der Waals surface area contributed by atoms with Gasteiger partial charge in [0.15, 0.2) is 6.73 Å². The molecule has 0 spiro atoms. The Labute approximate surface area is 253 Å². The molecular weight excluding hydrogens is 627 g/mol. The van der Waals surface area contributed by atoms with E-state index < -0.39 is 46.5 Å². The zero-order chi connectivity index (χ0) is 29.4. The minimum absolute atomic E-state index is 0.00153. The van der Waals surface area contributed by atoms with Gasteiger partial charge in [0.1, 0.15) is 16.2 Å². The number of rotatable bonds is 7. The van der Waals surface area contributed by atoms with Crippen LogP contribution in [0.3, 0.4) is 0 Å². The maximum Gasteiger partial charge on any atom is 0.304 e. The fourth-order valence-corrected chi connectivity index (χ4v) is 5.75. The Morgan fingerprint density at radius 1 is 1.05 bits per heavy atom. The number of carbonyl (C=O) groups is 3.